The lowest BCUT2D eigenvalue weighted by Crippen LogP contribution is -2.10. The van der Waals surface area contributed by atoms with Gasteiger partial charge in [0.2, 0.25) is 5.91 Å². The van der Waals surface area contributed by atoms with Gasteiger partial charge in [0.25, 0.3) is 0 Å². The molecule has 0 radical (unpaired) electrons. The van der Waals surface area contributed by atoms with E-state index in [0.717, 1.165) is 5.56 Å². The van der Waals surface area contributed by atoms with Gasteiger partial charge < -0.3 is 10.4 Å². The number of aromatic nitrogens is 1. The molecule has 128 valence electrons. The highest BCUT2D eigenvalue weighted by Gasteiger charge is 2.18. The van der Waals surface area contributed by atoms with Crippen LogP contribution in [0.3, 0.4) is 0 Å². The fourth-order valence-electron chi connectivity index (χ4n) is 2.22. The first-order chi connectivity index (χ1) is 11.2. The molecular weight excluding hydrogens is 324 g/mol. The van der Waals surface area contributed by atoms with Crippen LogP contribution in [-0.4, -0.2) is 22.0 Å². The molecule has 2 aromatic rings. The zero-order valence-corrected chi connectivity index (χ0v) is 15.2. The highest BCUT2D eigenvalue weighted by molar-refractivity contribution is 7.16. The van der Waals surface area contributed by atoms with Gasteiger partial charge in [-0.3, -0.25) is 9.59 Å². The number of aliphatic carboxylic acids is 1. The number of carbonyl (C=O) groups is 2. The number of nitrogens with one attached hydrogen (secondary N) is 1. The third kappa shape index (κ3) is 4.41. The molecule has 0 aliphatic heterocycles. The maximum Gasteiger partial charge on any atom is 0.308 e. The Hall–Kier alpha value is -2.21. The molecule has 0 unspecified atom stereocenters. The van der Waals surface area contributed by atoms with Crippen LogP contribution in [0.15, 0.2) is 24.3 Å². The van der Waals surface area contributed by atoms with E-state index in [1.165, 1.54) is 16.9 Å². The number of amides is 1. The normalized spacial score (nSPS) is 11.3. The first-order valence-electron chi connectivity index (χ1n) is 7.83. The number of thiazole rings is 1. The standard InChI is InChI=1S/C18H22N2O3S/c1-5-14(21)19-17-20-16(13(24-17)10-15(22)23)11-6-8-12(9-7-11)18(2,3)4/h6-9H,5,10H2,1-4H3,(H,22,23)(H,19,20,21). The van der Waals surface area contributed by atoms with Crippen molar-refractivity contribution in [3.05, 3.63) is 34.7 Å². The van der Waals surface area contributed by atoms with E-state index >= 15 is 0 Å². The third-order valence-corrected chi connectivity index (χ3v) is 4.57. The summed E-state index contributed by atoms with van der Waals surface area (Å²) in [5, 5.41) is 12.3. The minimum atomic E-state index is -0.917. The number of anilines is 1. The molecule has 0 saturated carbocycles. The van der Waals surface area contributed by atoms with Crippen LogP contribution in [0.1, 0.15) is 44.6 Å². The Morgan fingerprint density at radius 3 is 2.33 bits per heavy atom. The van der Waals surface area contributed by atoms with E-state index in [0.29, 0.717) is 22.1 Å². The molecule has 0 atom stereocenters. The maximum absolute atomic E-state index is 11.6. The van der Waals surface area contributed by atoms with Crippen molar-refractivity contribution in [2.45, 2.75) is 46.0 Å². The van der Waals surface area contributed by atoms with Crippen molar-refractivity contribution in [2.24, 2.45) is 0 Å². The van der Waals surface area contributed by atoms with Gasteiger partial charge >= 0.3 is 5.97 Å². The summed E-state index contributed by atoms with van der Waals surface area (Å²) in [6, 6.07) is 7.96. The summed E-state index contributed by atoms with van der Waals surface area (Å²) in [7, 11) is 0. The molecule has 0 fully saturated rings. The summed E-state index contributed by atoms with van der Waals surface area (Å²) >= 11 is 1.21. The number of hydrogen-bond donors (Lipinski definition) is 2. The lowest BCUT2D eigenvalue weighted by Gasteiger charge is -2.19. The Morgan fingerprint density at radius 1 is 1.21 bits per heavy atom. The number of carboxylic acids is 1. The molecule has 5 nitrogen and oxygen atoms in total. The Kier molecular flexibility index (Phi) is 5.39. The molecule has 0 saturated heterocycles. The lowest BCUT2D eigenvalue weighted by molar-refractivity contribution is -0.136. The van der Waals surface area contributed by atoms with Gasteiger partial charge in [0.1, 0.15) is 0 Å². The molecule has 1 aromatic carbocycles. The second-order valence-electron chi connectivity index (χ2n) is 6.59. The third-order valence-electron chi connectivity index (χ3n) is 3.60. The van der Waals surface area contributed by atoms with Gasteiger partial charge in [-0.15, -0.1) is 11.3 Å². The van der Waals surface area contributed by atoms with Gasteiger partial charge in [0.05, 0.1) is 12.1 Å². The van der Waals surface area contributed by atoms with Crippen LogP contribution in [0.5, 0.6) is 0 Å². The summed E-state index contributed by atoms with van der Waals surface area (Å²) in [6.45, 7) is 8.17. The molecular formula is C18H22N2O3S. The van der Waals surface area contributed by atoms with E-state index < -0.39 is 5.97 Å². The van der Waals surface area contributed by atoms with Gasteiger partial charge in [-0.05, 0) is 11.0 Å². The second kappa shape index (κ2) is 7.13. The topological polar surface area (TPSA) is 79.3 Å². The maximum atomic E-state index is 11.6. The van der Waals surface area contributed by atoms with Crippen molar-refractivity contribution in [1.29, 1.82) is 0 Å². The average molecular weight is 346 g/mol. The smallest absolute Gasteiger partial charge is 0.308 e. The monoisotopic (exact) mass is 346 g/mol. The predicted molar refractivity (Wildman–Crippen MR) is 96.5 cm³/mol. The SMILES string of the molecule is CCC(=O)Nc1nc(-c2ccc(C(C)(C)C)cc2)c(CC(=O)O)s1. The fourth-order valence-corrected chi connectivity index (χ4v) is 3.21. The molecule has 2 N–H and O–H groups in total. The van der Waals surface area contributed by atoms with E-state index in [1.807, 2.05) is 24.3 Å². The van der Waals surface area contributed by atoms with Crippen molar-refractivity contribution < 1.29 is 14.7 Å². The first kappa shape index (κ1) is 18.1. The first-order valence-corrected chi connectivity index (χ1v) is 8.64. The van der Waals surface area contributed by atoms with Crippen LogP contribution in [0.25, 0.3) is 11.3 Å². The highest BCUT2D eigenvalue weighted by Crippen LogP contribution is 2.33. The Bertz CT molecular complexity index is 743. The van der Waals surface area contributed by atoms with E-state index in [4.69, 9.17) is 5.11 Å². The number of carbonyl (C=O) groups excluding carboxylic acids is 1. The van der Waals surface area contributed by atoms with Crippen LogP contribution in [-0.2, 0) is 21.4 Å². The Balaban J connectivity index is 2.39. The molecule has 0 bridgehead atoms. The van der Waals surface area contributed by atoms with E-state index in [2.05, 4.69) is 31.1 Å². The van der Waals surface area contributed by atoms with Crippen LogP contribution in [0, 0.1) is 0 Å². The van der Waals surface area contributed by atoms with Crippen molar-refractivity contribution in [2.75, 3.05) is 5.32 Å². The lowest BCUT2D eigenvalue weighted by atomic mass is 9.86. The van der Waals surface area contributed by atoms with E-state index in [9.17, 15) is 9.59 Å². The zero-order chi connectivity index (χ0) is 17.9. The van der Waals surface area contributed by atoms with Crippen molar-refractivity contribution in [3.63, 3.8) is 0 Å². The summed E-state index contributed by atoms with van der Waals surface area (Å²) < 4.78 is 0. The van der Waals surface area contributed by atoms with Gasteiger partial charge in [0.15, 0.2) is 5.13 Å². The predicted octanol–water partition coefficient (Wildman–Crippen LogP) is 4.08. The summed E-state index contributed by atoms with van der Waals surface area (Å²) in [5.74, 6) is -1.06. The van der Waals surface area contributed by atoms with E-state index in [-0.39, 0.29) is 17.7 Å². The van der Waals surface area contributed by atoms with Gasteiger partial charge in [0, 0.05) is 16.9 Å². The molecule has 0 spiro atoms. The van der Waals surface area contributed by atoms with Crippen LogP contribution < -0.4 is 5.32 Å². The molecule has 6 heteroatoms. The summed E-state index contributed by atoms with van der Waals surface area (Å²) in [5.41, 5.74) is 2.72. The Morgan fingerprint density at radius 2 is 1.83 bits per heavy atom. The zero-order valence-electron chi connectivity index (χ0n) is 14.3. The molecule has 0 aliphatic rings. The van der Waals surface area contributed by atoms with Crippen LogP contribution in [0.4, 0.5) is 5.13 Å². The number of rotatable bonds is 5. The molecule has 0 aliphatic carbocycles. The van der Waals surface area contributed by atoms with Gasteiger partial charge in [-0.25, -0.2) is 4.98 Å². The number of hydrogen-bond acceptors (Lipinski definition) is 4. The van der Waals surface area contributed by atoms with Crippen molar-refractivity contribution in [3.8, 4) is 11.3 Å². The molecule has 1 amide bonds. The van der Waals surface area contributed by atoms with E-state index in [1.54, 1.807) is 6.92 Å². The van der Waals surface area contributed by atoms with Crippen molar-refractivity contribution in [1.82, 2.24) is 4.98 Å². The second-order valence-corrected chi connectivity index (χ2v) is 7.67. The van der Waals surface area contributed by atoms with Gasteiger partial charge in [-0.2, -0.15) is 0 Å². The van der Waals surface area contributed by atoms with Gasteiger partial charge in [-0.1, -0.05) is 52.0 Å². The fraction of sp³-hybridized carbons (Fsp3) is 0.389. The number of nitrogens with zero attached hydrogens (tertiary/aromatic N) is 1. The van der Waals surface area contributed by atoms with Crippen LogP contribution in [0.2, 0.25) is 0 Å². The average Bonchev–Trinajstić information content (AvgIpc) is 2.88. The number of carboxylic acid groups (broad SMARTS) is 1. The quantitative estimate of drug-likeness (QED) is 0.855. The minimum Gasteiger partial charge on any atom is -0.481 e. The molecule has 1 aromatic heterocycles. The summed E-state index contributed by atoms with van der Waals surface area (Å²) in [4.78, 5) is 27.7. The van der Waals surface area contributed by atoms with Crippen LogP contribution >= 0.6 is 11.3 Å². The molecule has 2 rings (SSSR count). The molecule has 1 heterocycles. The molecule has 24 heavy (non-hydrogen) atoms. The highest BCUT2D eigenvalue weighted by atomic mass is 32.1. The minimum absolute atomic E-state index is 0.0464. The summed E-state index contributed by atoms with van der Waals surface area (Å²) in [6.07, 6.45) is 0.236. The Labute approximate surface area is 145 Å². The number of benzene rings is 1. The largest absolute Gasteiger partial charge is 0.481 e. The van der Waals surface area contributed by atoms with Crippen molar-refractivity contribution >= 4 is 28.3 Å².